The minimum absolute atomic E-state index is 0.0239. The highest BCUT2D eigenvalue weighted by Gasteiger charge is 2.31. The molecule has 0 aliphatic carbocycles. The van der Waals surface area contributed by atoms with Crippen molar-refractivity contribution in [3.8, 4) is 0 Å². The molecule has 2 aliphatic heterocycles. The first kappa shape index (κ1) is 23.6. The topological polar surface area (TPSA) is 119 Å². The zero-order valence-electron chi connectivity index (χ0n) is 19.3. The van der Waals surface area contributed by atoms with Crippen molar-refractivity contribution >= 4 is 37.8 Å². The Morgan fingerprint density at radius 2 is 1.86 bits per heavy atom. The predicted octanol–water partition coefficient (Wildman–Crippen LogP) is 1.42. The number of nitrogens with zero attached hydrogens (tertiary/aromatic N) is 2. The molecule has 0 radical (unpaired) electrons. The van der Waals surface area contributed by atoms with Crippen LogP contribution >= 0.6 is 0 Å². The van der Waals surface area contributed by atoms with Gasteiger partial charge in [0, 0.05) is 22.7 Å². The van der Waals surface area contributed by atoms with Crippen LogP contribution in [0.1, 0.15) is 29.2 Å². The second kappa shape index (κ2) is 8.67. The van der Waals surface area contributed by atoms with E-state index in [0.29, 0.717) is 23.3 Å². The molecule has 1 saturated heterocycles. The van der Waals surface area contributed by atoms with Crippen molar-refractivity contribution in [1.29, 1.82) is 0 Å². The summed E-state index contributed by atoms with van der Waals surface area (Å²) in [5.41, 5.74) is 0.315. The lowest BCUT2D eigenvalue weighted by molar-refractivity contribution is 0.586. The molecule has 1 fully saturated rings. The molecule has 2 aromatic heterocycles. The number of nitrogens with one attached hydrogen (secondary N) is 2. The summed E-state index contributed by atoms with van der Waals surface area (Å²) >= 11 is 0. The summed E-state index contributed by atoms with van der Waals surface area (Å²) in [6.07, 6.45) is 3.08. The highest BCUT2D eigenvalue weighted by atomic mass is 32.2. The van der Waals surface area contributed by atoms with Crippen molar-refractivity contribution in [3.63, 3.8) is 0 Å². The summed E-state index contributed by atoms with van der Waals surface area (Å²) in [4.78, 5) is 26.9. The Kier molecular flexibility index (Phi) is 5.53. The molecule has 0 amide bonds. The average Bonchev–Trinajstić information content (AvgIpc) is 3.52. The van der Waals surface area contributed by atoms with E-state index in [1.807, 2.05) is 0 Å². The Hall–Kier alpha value is -3.77. The van der Waals surface area contributed by atoms with Gasteiger partial charge in [0.1, 0.15) is 27.3 Å². The SMILES string of the molecule is O=c1c(=C2Nc3ccc(C4CCCS4=O)cc3S(=O)(=O)N2)c(=O)n(Cc2ccc(F)cc2)n2cccc12. The van der Waals surface area contributed by atoms with Crippen molar-refractivity contribution in [2.45, 2.75) is 29.5 Å². The van der Waals surface area contributed by atoms with Crippen LogP contribution in [0.15, 0.2) is 75.3 Å². The smallest absolute Gasteiger partial charge is 0.280 e. The molecule has 0 spiro atoms. The summed E-state index contributed by atoms with van der Waals surface area (Å²) in [5.74, 6) is -0.0758. The molecule has 6 rings (SSSR count). The molecule has 4 aromatic rings. The van der Waals surface area contributed by atoms with Gasteiger partial charge in [-0.25, -0.2) is 17.5 Å². The Bertz CT molecular complexity index is 1880. The fourth-order valence-corrected chi connectivity index (χ4v) is 7.72. The third kappa shape index (κ3) is 3.96. The minimum atomic E-state index is -4.14. The van der Waals surface area contributed by atoms with E-state index in [1.54, 1.807) is 24.4 Å². The summed E-state index contributed by atoms with van der Waals surface area (Å²) < 4.78 is 57.3. The van der Waals surface area contributed by atoms with Crippen LogP contribution in [0.4, 0.5) is 10.1 Å². The molecule has 37 heavy (non-hydrogen) atoms. The summed E-state index contributed by atoms with van der Waals surface area (Å²) in [6, 6.07) is 13.5. The van der Waals surface area contributed by atoms with E-state index in [-0.39, 0.29) is 38.9 Å². The number of halogens is 1. The molecule has 0 bridgehead atoms. The van der Waals surface area contributed by atoms with Crippen molar-refractivity contribution in [2.75, 3.05) is 11.1 Å². The lowest BCUT2D eigenvalue weighted by atomic mass is 10.1. The maximum atomic E-state index is 13.6. The van der Waals surface area contributed by atoms with E-state index < -0.39 is 37.6 Å². The standard InChI is InChI=1S/C25H21FN4O5S2/c26-17-8-5-15(6-9-17)14-30-25(32)22(23(31)19-3-1-11-29(19)30)24-27-18-10-7-16(20-4-2-12-36(20)33)13-21(18)37(34,35)28-24/h1,3,5-11,13,20,27-28H,2,4,12,14H2. The van der Waals surface area contributed by atoms with Crippen LogP contribution in [0.2, 0.25) is 0 Å². The van der Waals surface area contributed by atoms with E-state index >= 15 is 0 Å². The zero-order chi connectivity index (χ0) is 25.9. The molecule has 2 unspecified atom stereocenters. The number of benzene rings is 2. The van der Waals surface area contributed by atoms with Crippen LogP contribution in [0, 0.1) is 5.82 Å². The number of aromatic nitrogens is 2. The summed E-state index contributed by atoms with van der Waals surface area (Å²) in [6.45, 7) is 0.0239. The molecule has 190 valence electrons. The van der Waals surface area contributed by atoms with E-state index in [1.165, 1.54) is 45.6 Å². The molecule has 0 saturated carbocycles. The van der Waals surface area contributed by atoms with E-state index in [4.69, 9.17) is 0 Å². The second-order valence-corrected chi connectivity index (χ2v) is 12.4. The minimum Gasteiger partial charge on any atom is -0.339 e. The molecule has 12 heteroatoms. The molecule has 2 aliphatic rings. The molecular weight excluding hydrogens is 519 g/mol. The van der Waals surface area contributed by atoms with Crippen LogP contribution < -0.4 is 26.2 Å². The number of rotatable bonds is 3. The normalized spacial score (nSPS) is 21.9. The Morgan fingerprint density at radius 3 is 2.59 bits per heavy atom. The van der Waals surface area contributed by atoms with Crippen molar-refractivity contribution in [2.24, 2.45) is 0 Å². The summed E-state index contributed by atoms with van der Waals surface area (Å²) in [5, 5.41) is 2.33. The lowest BCUT2D eigenvalue weighted by Crippen LogP contribution is -2.52. The quantitative estimate of drug-likeness (QED) is 0.406. The van der Waals surface area contributed by atoms with E-state index in [2.05, 4.69) is 10.0 Å². The Morgan fingerprint density at radius 1 is 1.08 bits per heavy atom. The molecule has 4 heterocycles. The fourth-order valence-electron chi connectivity index (χ4n) is 4.88. The average molecular weight is 541 g/mol. The number of sulfonamides is 1. The first-order valence-electron chi connectivity index (χ1n) is 11.6. The first-order chi connectivity index (χ1) is 17.7. The van der Waals surface area contributed by atoms with Crippen LogP contribution in [-0.4, -0.2) is 27.6 Å². The lowest BCUT2D eigenvalue weighted by Gasteiger charge is -2.24. The Balaban J connectivity index is 1.53. The predicted molar refractivity (Wildman–Crippen MR) is 137 cm³/mol. The van der Waals surface area contributed by atoms with Gasteiger partial charge in [-0.3, -0.25) is 23.0 Å². The van der Waals surface area contributed by atoms with Crippen molar-refractivity contribution in [1.82, 2.24) is 13.9 Å². The number of hydrogen-bond donors (Lipinski definition) is 2. The molecule has 2 N–H and O–H groups in total. The van der Waals surface area contributed by atoms with Crippen LogP contribution in [0.25, 0.3) is 11.3 Å². The number of hydrogen-bond acceptors (Lipinski definition) is 6. The highest BCUT2D eigenvalue weighted by Crippen LogP contribution is 2.36. The molecule has 2 atom stereocenters. The number of anilines is 1. The highest BCUT2D eigenvalue weighted by molar-refractivity contribution is 7.90. The maximum absolute atomic E-state index is 13.6. The zero-order valence-corrected chi connectivity index (χ0v) is 20.9. The van der Waals surface area contributed by atoms with Gasteiger partial charge in [0.2, 0.25) is 5.43 Å². The van der Waals surface area contributed by atoms with E-state index in [9.17, 15) is 26.6 Å². The molecule has 9 nitrogen and oxygen atoms in total. The maximum Gasteiger partial charge on any atom is 0.280 e. The van der Waals surface area contributed by atoms with Crippen molar-refractivity contribution in [3.05, 3.63) is 104 Å². The van der Waals surface area contributed by atoms with Gasteiger partial charge in [-0.05, 0) is 60.4 Å². The van der Waals surface area contributed by atoms with Gasteiger partial charge in [0.25, 0.3) is 15.6 Å². The number of fused-ring (bicyclic) bond motifs is 2. The van der Waals surface area contributed by atoms with Gasteiger partial charge in [-0.1, -0.05) is 18.2 Å². The second-order valence-electron chi connectivity index (χ2n) is 9.01. The van der Waals surface area contributed by atoms with Crippen LogP contribution in [-0.2, 0) is 27.4 Å². The summed E-state index contributed by atoms with van der Waals surface area (Å²) in [7, 11) is -5.20. The van der Waals surface area contributed by atoms with Gasteiger partial charge in [-0.15, -0.1) is 0 Å². The largest absolute Gasteiger partial charge is 0.339 e. The Labute approximate surface area is 212 Å². The molecular formula is C25H21FN4O5S2. The molecule has 2 aromatic carbocycles. The third-order valence-corrected chi connectivity index (χ3v) is 9.91. The van der Waals surface area contributed by atoms with Gasteiger partial charge in [0.15, 0.2) is 0 Å². The van der Waals surface area contributed by atoms with Gasteiger partial charge < -0.3 is 5.32 Å². The van der Waals surface area contributed by atoms with Crippen LogP contribution in [0.3, 0.4) is 0 Å². The third-order valence-electron chi connectivity index (χ3n) is 6.68. The van der Waals surface area contributed by atoms with Gasteiger partial charge in [0.05, 0.1) is 17.5 Å². The van der Waals surface area contributed by atoms with Crippen molar-refractivity contribution < 1.29 is 17.0 Å². The van der Waals surface area contributed by atoms with Crippen LogP contribution in [0.5, 0.6) is 0 Å². The van der Waals surface area contributed by atoms with E-state index in [0.717, 1.165) is 6.42 Å². The van der Waals surface area contributed by atoms with Gasteiger partial charge >= 0.3 is 0 Å². The van der Waals surface area contributed by atoms with Gasteiger partial charge in [-0.2, -0.15) is 0 Å². The monoisotopic (exact) mass is 540 g/mol. The first-order valence-corrected chi connectivity index (χ1v) is 14.4. The fraction of sp³-hybridized carbons (Fsp3) is 0.200.